The van der Waals surface area contributed by atoms with Gasteiger partial charge in [0.05, 0.1) is 24.2 Å². The molecule has 0 radical (unpaired) electrons. The Morgan fingerprint density at radius 1 is 1.46 bits per heavy atom. The van der Waals surface area contributed by atoms with Crippen LogP contribution in [0.15, 0.2) is 29.1 Å². The number of aryl methyl sites for hydroxylation is 1. The van der Waals surface area contributed by atoms with E-state index in [1.54, 1.807) is 25.3 Å². The number of aromatic nitrogens is 2. The Hall–Kier alpha value is -2.34. The van der Waals surface area contributed by atoms with Gasteiger partial charge in [-0.25, -0.2) is 5.10 Å². The minimum absolute atomic E-state index is 0.0160. The monoisotopic (exact) mass is 347 g/mol. The first-order valence-corrected chi connectivity index (χ1v) is 8.12. The van der Waals surface area contributed by atoms with Crippen LogP contribution in [-0.4, -0.2) is 29.3 Å². The quantitative estimate of drug-likeness (QED) is 0.880. The van der Waals surface area contributed by atoms with E-state index in [1.165, 1.54) is 0 Å². The highest BCUT2D eigenvalue weighted by molar-refractivity contribution is 6.32. The van der Waals surface area contributed by atoms with Gasteiger partial charge in [0, 0.05) is 12.1 Å². The van der Waals surface area contributed by atoms with Gasteiger partial charge in [0.1, 0.15) is 5.75 Å². The predicted molar refractivity (Wildman–Crippen MR) is 90.5 cm³/mol. The van der Waals surface area contributed by atoms with Crippen LogP contribution in [0, 0.1) is 0 Å². The molecular formula is C17H18ClN3O3. The zero-order valence-electron chi connectivity index (χ0n) is 13.3. The lowest BCUT2D eigenvalue weighted by Gasteiger charge is -2.24. The SMILES string of the molecule is COc1ccc(CC(=O)N[C@H]2CCc3n[nH]c(=O)cc3C2)cc1Cl. The number of fused-ring (bicyclic) bond motifs is 1. The van der Waals surface area contributed by atoms with Gasteiger partial charge >= 0.3 is 0 Å². The number of nitrogens with one attached hydrogen (secondary N) is 2. The summed E-state index contributed by atoms with van der Waals surface area (Å²) in [5.41, 5.74) is 2.42. The molecule has 1 aromatic heterocycles. The number of amides is 1. The number of hydrogen-bond donors (Lipinski definition) is 2. The molecule has 3 rings (SSSR count). The minimum atomic E-state index is -0.214. The van der Waals surface area contributed by atoms with Crippen molar-refractivity contribution in [2.75, 3.05) is 7.11 Å². The largest absolute Gasteiger partial charge is 0.495 e. The van der Waals surface area contributed by atoms with Crippen LogP contribution >= 0.6 is 11.6 Å². The molecule has 126 valence electrons. The van der Waals surface area contributed by atoms with Crippen LogP contribution in [0.1, 0.15) is 23.2 Å². The Morgan fingerprint density at radius 3 is 3.04 bits per heavy atom. The number of benzene rings is 1. The molecule has 0 saturated carbocycles. The van der Waals surface area contributed by atoms with Crippen molar-refractivity contribution < 1.29 is 9.53 Å². The number of H-pyrrole nitrogens is 1. The second-order valence-corrected chi connectivity index (χ2v) is 6.26. The van der Waals surface area contributed by atoms with Gasteiger partial charge in [-0.3, -0.25) is 9.59 Å². The number of ether oxygens (including phenoxy) is 1. The average molecular weight is 348 g/mol. The zero-order valence-corrected chi connectivity index (χ0v) is 14.0. The van der Waals surface area contributed by atoms with Gasteiger partial charge in [0.15, 0.2) is 0 Å². The predicted octanol–water partition coefficient (Wildman–Crippen LogP) is 1.65. The molecule has 1 aliphatic carbocycles. The molecule has 1 atom stereocenters. The van der Waals surface area contributed by atoms with Gasteiger partial charge in [-0.15, -0.1) is 0 Å². The molecule has 0 spiro atoms. The smallest absolute Gasteiger partial charge is 0.264 e. The minimum Gasteiger partial charge on any atom is -0.495 e. The third-order valence-electron chi connectivity index (χ3n) is 4.12. The van der Waals surface area contributed by atoms with Crippen LogP contribution < -0.4 is 15.6 Å². The molecule has 6 nitrogen and oxygen atoms in total. The van der Waals surface area contributed by atoms with Crippen LogP contribution in [0.3, 0.4) is 0 Å². The fourth-order valence-corrected chi connectivity index (χ4v) is 3.23. The summed E-state index contributed by atoms with van der Waals surface area (Å²) in [7, 11) is 1.55. The number of hydrogen-bond acceptors (Lipinski definition) is 4. The average Bonchev–Trinajstić information content (AvgIpc) is 2.54. The number of rotatable bonds is 4. The third kappa shape index (κ3) is 3.76. The number of halogens is 1. The number of methoxy groups -OCH3 is 1. The van der Waals surface area contributed by atoms with Gasteiger partial charge in [0.25, 0.3) is 5.56 Å². The van der Waals surface area contributed by atoms with Crippen LogP contribution in [0.2, 0.25) is 5.02 Å². The molecule has 24 heavy (non-hydrogen) atoms. The topological polar surface area (TPSA) is 84.1 Å². The fraction of sp³-hybridized carbons (Fsp3) is 0.353. The molecule has 0 bridgehead atoms. The Bertz CT molecular complexity index is 819. The molecule has 2 aromatic rings. The standard InChI is InChI=1S/C17H18ClN3O3/c1-24-15-5-2-10(6-13(15)18)7-16(22)19-12-3-4-14-11(8-12)9-17(23)21-20-14/h2,5-6,9,12H,3-4,7-8H2,1H3,(H,19,22)(H,21,23)/t12-/m0/s1. The first kappa shape index (κ1) is 16.5. The van der Waals surface area contributed by atoms with Gasteiger partial charge in [-0.1, -0.05) is 17.7 Å². The van der Waals surface area contributed by atoms with Crippen molar-refractivity contribution in [1.82, 2.24) is 15.5 Å². The van der Waals surface area contributed by atoms with Gasteiger partial charge in [-0.2, -0.15) is 5.10 Å². The van der Waals surface area contributed by atoms with E-state index in [-0.39, 0.29) is 23.9 Å². The summed E-state index contributed by atoms with van der Waals surface area (Å²) in [6.45, 7) is 0. The van der Waals surface area contributed by atoms with Crippen molar-refractivity contribution >= 4 is 17.5 Å². The molecule has 0 saturated heterocycles. The van der Waals surface area contributed by atoms with E-state index in [0.717, 1.165) is 29.7 Å². The van der Waals surface area contributed by atoms with Crippen molar-refractivity contribution in [3.05, 3.63) is 56.5 Å². The lowest BCUT2D eigenvalue weighted by molar-refractivity contribution is -0.121. The molecule has 1 amide bonds. The Labute approximate surface area is 144 Å². The van der Waals surface area contributed by atoms with Crippen molar-refractivity contribution in [2.45, 2.75) is 31.7 Å². The second kappa shape index (κ2) is 7.05. The van der Waals surface area contributed by atoms with Crippen LogP contribution in [0.25, 0.3) is 0 Å². The highest BCUT2D eigenvalue weighted by Gasteiger charge is 2.21. The summed E-state index contributed by atoms with van der Waals surface area (Å²) in [4.78, 5) is 23.6. The molecule has 2 N–H and O–H groups in total. The summed E-state index contributed by atoms with van der Waals surface area (Å²) in [5, 5.41) is 10.0. The van der Waals surface area contributed by atoms with E-state index in [4.69, 9.17) is 16.3 Å². The number of carbonyl (C=O) groups excluding carboxylic acids is 1. The second-order valence-electron chi connectivity index (χ2n) is 5.86. The van der Waals surface area contributed by atoms with E-state index in [2.05, 4.69) is 15.5 Å². The van der Waals surface area contributed by atoms with Gasteiger partial charge < -0.3 is 10.1 Å². The molecule has 1 aliphatic rings. The van der Waals surface area contributed by atoms with E-state index >= 15 is 0 Å². The Morgan fingerprint density at radius 2 is 2.29 bits per heavy atom. The lowest BCUT2D eigenvalue weighted by atomic mass is 9.92. The maximum Gasteiger partial charge on any atom is 0.264 e. The molecule has 1 aromatic carbocycles. The van der Waals surface area contributed by atoms with Crippen molar-refractivity contribution in [3.63, 3.8) is 0 Å². The van der Waals surface area contributed by atoms with Crippen LogP contribution in [-0.2, 0) is 24.1 Å². The van der Waals surface area contributed by atoms with E-state index in [9.17, 15) is 9.59 Å². The molecule has 1 heterocycles. The summed E-state index contributed by atoms with van der Waals surface area (Å²) in [6, 6.07) is 6.88. The van der Waals surface area contributed by atoms with E-state index < -0.39 is 0 Å². The fourth-order valence-electron chi connectivity index (χ4n) is 2.95. The van der Waals surface area contributed by atoms with Crippen molar-refractivity contribution in [3.8, 4) is 5.75 Å². The normalized spacial score (nSPS) is 16.3. The molecule has 7 heteroatoms. The Balaban J connectivity index is 1.61. The van der Waals surface area contributed by atoms with Gasteiger partial charge in [-0.05, 0) is 42.5 Å². The third-order valence-corrected chi connectivity index (χ3v) is 4.41. The molecule has 0 aliphatic heterocycles. The summed E-state index contributed by atoms with van der Waals surface area (Å²) in [5.74, 6) is 0.518. The van der Waals surface area contributed by atoms with Crippen molar-refractivity contribution in [1.29, 1.82) is 0 Å². The zero-order chi connectivity index (χ0) is 17.1. The number of carbonyl (C=O) groups is 1. The lowest BCUT2D eigenvalue weighted by Crippen LogP contribution is -2.40. The Kier molecular flexibility index (Phi) is 4.85. The van der Waals surface area contributed by atoms with E-state index in [0.29, 0.717) is 17.2 Å². The number of aromatic amines is 1. The highest BCUT2D eigenvalue weighted by Crippen LogP contribution is 2.25. The summed E-state index contributed by atoms with van der Waals surface area (Å²) >= 11 is 6.08. The summed E-state index contributed by atoms with van der Waals surface area (Å²) in [6.07, 6.45) is 2.43. The maximum absolute atomic E-state index is 12.3. The van der Waals surface area contributed by atoms with E-state index in [1.807, 2.05) is 6.07 Å². The van der Waals surface area contributed by atoms with Crippen molar-refractivity contribution in [2.24, 2.45) is 0 Å². The maximum atomic E-state index is 12.3. The first-order valence-electron chi connectivity index (χ1n) is 7.74. The summed E-state index contributed by atoms with van der Waals surface area (Å²) < 4.78 is 5.10. The molecule has 0 unspecified atom stereocenters. The molecular weight excluding hydrogens is 330 g/mol. The highest BCUT2D eigenvalue weighted by atomic mass is 35.5. The number of nitrogens with zero attached hydrogens (tertiary/aromatic N) is 1. The molecule has 0 fully saturated rings. The van der Waals surface area contributed by atoms with Crippen LogP contribution in [0.4, 0.5) is 0 Å². The van der Waals surface area contributed by atoms with Gasteiger partial charge in [0.2, 0.25) is 5.91 Å². The van der Waals surface area contributed by atoms with Crippen LogP contribution in [0.5, 0.6) is 5.75 Å². The first-order chi connectivity index (χ1) is 11.5.